The summed E-state index contributed by atoms with van der Waals surface area (Å²) in [7, 11) is 0. The van der Waals surface area contributed by atoms with E-state index < -0.39 is 23.7 Å². The largest absolute Gasteiger partial charge is 0.478 e. The van der Waals surface area contributed by atoms with E-state index in [4.69, 9.17) is 16.3 Å². The van der Waals surface area contributed by atoms with Crippen molar-refractivity contribution in [1.29, 1.82) is 0 Å². The van der Waals surface area contributed by atoms with Gasteiger partial charge in [-0.2, -0.15) is 0 Å². The molecule has 5 nitrogen and oxygen atoms in total. The van der Waals surface area contributed by atoms with E-state index in [2.05, 4.69) is 10.9 Å². The molecule has 0 saturated carbocycles. The first-order valence-corrected chi connectivity index (χ1v) is 7.43. The standard InChI is InChI=1S/C14H12ClFN2O3S/c1-8(21-10-5-3-2-4-9(10)16)13(19)17-18-14(20)11-6-7-12(15)22-11/h2-8H,1H3,(H,17,19)(H,18,20)/t8-/m1/s1. The molecule has 1 heterocycles. The lowest BCUT2D eigenvalue weighted by molar-refractivity contribution is -0.128. The van der Waals surface area contributed by atoms with Crippen molar-refractivity contribution in [1.82, 2.24) is 10.9 Å². The van der Waals surface area contributed by atoms with Crippen molar-refractivity contribution in [2.75, 3.05) is 0 Å². The summed E-state index contributed by atoms with van der Waals surface area (Å²) in [5.74, 6) is -1.72. The third kappa shape index (κ3) is 4.19. The van der Waals surface area contributed by atoms with Crippen LogP contribution in [0.5, 0.6) is 5.75 Å². The van der Waals surface area contributed by atoms with Crippen molar-refractivity contribution in [3.8, 4) is 5.75 Å². The number of benzene rings is 1. The molecule has 2 amide bonds. The zero-order valence-corrected chi connectivity index (χ0v) is 13.0. The zero-order valence-electron chi connectivity index (χ0n) is 11.4. The van der Waals surface area contributed by atoms with Gasteiger partial charge in [0.15, 0.2) is 17.7 Å². The van der Waals surface area contributed by atoms with Crippen LogP contribution in [0.15, 0.2) is 36.4 Å². The molecule has 1 aromatic heterocycles. The van der Waals surface area contributed by atoms with Crippen molar-refractivity contribution in [3.05, 3.63) is 51.4 Å². The Bertz CT molecular complexity index is 692. The topological polar surface area (TPSA) is 67.4 Å². The Kier molecular flexibility index (Phi) is 5.35. The molecule has 0 radical (unpaired) electrons. The zero-order chi connectivity index (χ0) is 16.1. The van der Waals surface area contributed by atoms with Crippen molar-refractivity contribution in [3.63, 3.8) is 0 Å². The molecule has 2 aromatic rings. The minimum absolute atomic E-state index is 0.0403. The molecule has 0 unspecified atom stereocenters. The fraction of sp³-hybridized carbons (Fsp3) is 0.143. The Hall–Kier alpha value is -2.12. The second kappa shape index (κ2) is 7.24. The van der Waals surface area contributed by atoms with Gasteiger partial charge in [-0.1, -0.05) is 23.7 Å². The van der Waals surface area contributed by atoms with Crippen LogP contribution in [-0.4, -0.2) is 17.9 Å². The number of hydrogen-bond acceptors (Lipinski definition) is 4. The summed E-state index contributed by atoms with van der Waals surface area (Å²) in [6.07, 6.45) is -0.982. The summed E-state index contributed by atoms with van der Waals surface area (Å²) < 4.78 is 19.1. The molecule has 1 atom stereocenters. The fourth-order valence-electron chi connectivity index (χ4n) is 1.50. The van der Waals surface area contributed by atoms with Crippen LogP contribution in [0.3, 0.4) is 0 Å². The predicted molar refractivity (Wildman–Crippen MR) is 81.4 cm³/mol. The normalized spacial score (nSPS) is 11.6. The first-order chi connectivity index (χ1) is 10.5. The van der Waals surface area contributed by atoms with Crippen LogP contribution in [0.25, 0.3) is 0 Å². The average molecular weight is 343 g/mol. The summed E-state index contributed by atoms with van der Waals surface area (Å²) in [6, 6.07) is 8.85. The minimum Gasteiger partial charge on any atom is -0.478 e. The third-order valence-corrected chi connectivity index (χ3v) is 3.84. The summed E-state index contributed by atoms with van der Waals surface area (Å²) >= 11 is 6.80. The van der Waals surface area contributed by atoms with E-state index in [0.717, 1.165) is 11.3 Å². The highest BCUT2D eigenvalue weighted by atomic mass is 35.5. The monoisotopic (exact) mass is 342 g/mol. The lowest BCUT2D eigenvalue weighted by Gasteiger charge is -2.15. The molecule has 0 aliphatic carbocycles. The maximum absolute atomic E-state index is 13.4. The average Bonchev–Trinajstić information content (AvgIpc) is 2.93. The summed E-state index contributed by atoms with van der Waals surface area (Å²) in [4.78, 5) is 23.9. The van der Waals surface area contributed by atoms with Crippen LogP contribution in [0.2, 0.25) is 4.34 Å². The highest BCUT2D eigenvalue weighted by Crippen LogP contribution is 2.21. The number of hydrogen-bond donors (Lipinski definition) is 2. The predicted octanol–water partition coefficient (Wildman–Crippen LogP) is 2.77. The number of thiophene rings is 1. The molecule has 116 valence electrons. The van der Waals surface area contributed by atoms with Gasteiger partial charge < -0.3 is 4.74 Å². The Labute approximate surface area is 135 Å². The first kappa shape index (κ1) is 16.3. The number of nitrogens with one attached hydrogen (secondary N) is 2. The van der Waals surface area contributed by atoms with Crippen molar-refractivity contribution in [2.45, 2.75) is 13.0 Å². The number of rotatable bonds is 4. The highest BCUT2D eigenvalue weighted by molar-refractivity contribution is 7.17. The lowest BCUT2D eigenvalue weighted by atomic mass is 10.3. The maximum Gasteiger partial charge on any atom is 0.279 e. The van der Waals surface area contributed by atoms with Crippen molar-refractivity contribution >= 4 is 34.8 Å². The molecule has 2 rings (SSSR count). The summed E-state index contributed by atoms with van der Waals surface area (Å²) in [5, 5.41) is 0. The summed E-state index contributed by atoms with van der Waals surface area (Å²) in [6.45, 7) is 1.44. The molecular weight excluding hydrogens is 331 g/mol. The van der Waals surface area contributed by atoms with Crippen LogP contribution in [0, 0.1) is 5.82 Å². The number of amides is 2. The number of carbonyl (C=O) groups is 2. The van der Waals surface area contributed by atoms with Crippen LogP contribution in [-0.2, 0) is 4.79 Å². The van der Waals surface area contributed by atoms with Gasteiger partial charge >= 0.3 is 0 Å². The van der Waals surface area contributed by atoms with E-state index in [9.17, 15) is 14.0 Å². The molecule has 0 spiro atoms. The fourth-order valence-corrected chi connectivity index (χ4v) is 2.44. The van der Waals surface area contributed by atoms with Crippen LogP contribution in [0.4, 0.5) is 4.39 Å². The lowest BCUT2D eigenvalue weighted by Crippen LogP contribution is -2.47. The molecule has 8 heteroatoms. The third-order valence-electron chi connectivity index (χ3n) is 2.61. The molecule has 1 aromatic carbocycles. The number of hydrazine groups is 1. The van der Waals surface area contributed by atoms with Gasteiger partial charge in [-0.05, 0) is 31.2 Å². The van der Waals surface area contributed by atoms with Gasteiger partial charge in [0.25, 0.3) is 11.8 Å². The SMILES string of the molecule is C[C@@H](Oc1ccccc1F)C(=O)NNC(=O)c1ccc(Cl)s1. The molecule has 0 bridgehead atoms. The molecule has 0 fully saturated rings. The molecule has 2 N–H and O–H groups in total. The highest BCUT2D eigenvalue weighted by Gasteiger charge is 2.17. The van der Waals surface area contributed by atoms with E-state index in [1.54, 1.807) is 12.1 Å². The Morgan fingerprint density at radius 1 is 1.23 bits per heavy atom. The van der Waals surface area contributed by atoms with E-state index in [1.165, 1.54) is 31.2 Å². The molecule has 0 aliphatic rings. The van der Waals surface area contributed by atoms with Crippen LogP contribution >= 0.6 is 22.9 Å². The molecule has 0 aliphatic heterocycles. The van der Waals surface area contributed by atoms with Crippen molar-refractivity contribution in [2.24, 2.45) is 0 Å². The number of para-hydroxylation sites is 1. The van der Waals surface area contributed by atoms with Gasteiger partial charge in [-0.15, -0.1) is 11.3 Å². The molecule has 0 saturated heterocycles. The van der Waals surface area contributed by atoms with Gasteiger partial charge in [-0.25, -0.2) is 4.39 Å². The number of carbonyl (C=O) groups excluding carboxylic acids is 2. The van der Waals surface area contributed by atoms with Gasteiger partial charge in [0, 0.05) is 0 Å². The first-order valence-electron chi connectivity index (χ1n) is 6.24. The van der Waals surface area contributed by atoms with E-state index in [1.807, 2.05) is 0 Å². The van der Waals surface area contributed by atoms with E-state index in [-0.39, 0.29) is 5.75 Å². The smallest absolute Gasteiger partial charge is 0.279 e. The summed E-state index contributed by atoms with van der Waals surface area (Å²) in [5.41, 5.74) is 4.44. The van der Waals surface area contributed by atoms with Crippen molar-refractivity contribution < 1.29 is 18.7 Å². The Balaban J connectivity index is 1.86. The number of ether oxygens (including phenoxy) is 1. The van der Waals surface area contributed by atoms with Gasteiger partial charge in [0.2, 0.25) is 0 Å². The second-order valence-corrected chi connectivity index (χ2v) is 5.95. The van der Waals surface area contributed by atoms with Gasteiger partial charge in [0.1, 0.15) is 0 Å². The Morgan fingerprint density at radius 3 is 2.59 bits per heavy atom. The second-order valence-electron chi connectivity index (χ2n) is 4.24. The molecular formula is C14H12ClFN2O3S. The molecule has 22 heavy (non-hydrogen) atoms. The number of halogens is 2. The van der Waals surface area contributed by atoms with Gasteiger partial charge in [0.05, 0.1) is 9.21 Å². The maximum atomic E-state index is 13.4. The van der Waals surface area contributed by atoms with E-state index >= 15 is 0 Å². The minimum atomic E-state index is -0.982. The van der Waals surface area contributed by atoms with Gasteiger partial charge in [-0.3, -0.25) is 20.4 Å². The van der Waals surface area contributed by atoms with E-state index in [0.29, 0.717) is 9.21 Å². The van der Waals surface area contributed by atoms with Crippen LogP contribution < -0.4 is 15.6 Å². The van der Waals surface area contributed by atoms with Crippen LogP contribution in [0.1, 0.15) is 16.6 Å². The quantitative estimate of drug-likeness (QED) is 0.840. The Morgan fingerprint density at radius 2 is 1.95 bits per heavy atom.